The molecule has 0 fully saturated rings. The fourth-order valence-electron chi connectivity index (χ4n) is 6.97. The molecule has 2 aromatic heterocycles. The maximum atomic E-state index is 13.1. The third-order valence-corrected chi connectivity index (χ3v) is 10.8. The topological polar surface area (TPSA) is 121 Å². The first-order chi connectivity index (χ1) is 28.0. The van der Waals surface area contributed by atoms with Crippen molar-refractivity contribution in [1.29, 1.82) is 0 Å². The summed E-state index contributed by atoms with van der Waals surface area (Å²) in [5.41, 5.74) is 10.6. The lowest BCUT2D eigenvalue weighted by molar-refractivity contribution is -0.129. The molecule has 1 aliphatic rings. The molecule has 0 saturated heterocycles. The van der Waals surface area contributed by atoms with Crippen molar-refractivity contribution in [3.63, 3.8) is 0 Å². The molecule has 7 heteroatoms. The van der Waals surface area contributed by atoms with Gasteiger partial charge in [-0.25, -0.2) is 0 Å². The zero-order chi connectivity index (χ0) is 43.6. The first-order valence-electron chi connectivity index (χ1n) is 21.4. The average Bonchev–Trinajstić information content (AvgIpc) is 3.62. The Hall–Kier alpha value is -5.04. The van der Waals surface area contributed by atoms with Crippen molar-refractivity contribution >= 4 is 23.2 Å². The number of allylic oxidation sites excluding steroid dienone is 16. The van der Waals surface area contributed by atoms with E-state index < -0.39 is 23.5 Å². The first-order valence-corrected chi connectivity index (χ1v) is 21.4. The summed E-state index contributed by atoms with van der Waals surface area (Å²) in [5, 5.41) is 33.0. The van der Waals surface area contributed by atoms with Gasteiger partial charge < -0.3 is 24.2 Å². The number of hydrogen-bond acceptors (Lipinski definition) is 7. The van der Waals surface area contributed by atoms with Crippen LogP contribution in [0.3, 0.4) is 0 Å². The van der Waals surface area contributed by atoms with Crippen LogP contribution < -0.4 is 10.6 Å². The van der Waals surface area contributed by atoms with Crippen molar-refractivity contribution in [2.75, 3.05) is 0 Å². The molecule has 3 N–H and O–H groups in total. The maximum Gasteiger partial charge on any atom is 0.294 e. The molecule has 0 atom stereocenters. The smallest absolute Gasteiger partial charge is 0.294 e. The normalized spacial score (nSPS) is 14.5. The number of carbonyl (C=O) groups is 2. The van der Waals surface area contributed by atoms with Crippen molar-refractivity contribution in [3.05, 3.63) is 109 Å². The van der Waals surface area contributed by atoms with E-state index in [1.165, 1.54) is 33.4 Å². The van der Waals surface area contributed by atoms with E-state index in [0.717, 1.165) is 94.3 Å². The Kier molecular flexibility index (Phi) is 19.8. The highest BCUT2D eigenvalue weighted by Gasteiger charge is 2.31. The molecule has 0 unspecified atom stereocenters. The van der Waals surface area contributed by atoms with Crippen LogP contribution in [-0.2, 0) is 16.0 Å². The standard InChI is InChI=1S/C52H70O7/c1-34(2)17-11-19-36(5)21-13-23-38(7)25-15-27-40(9)29-31-42-47(54)45(53)33-44-46(52(57)58-49(42)44)50-48(55)43(51(56)59-50)32-30-41(10)28-16-26-39(8)24-14-22-37(6)20-12-18-35(3)4/h17-18,21-22,25-26,29-30,33,55-57H,11-16,19-20,23-24,27-28,31-32H2,1-10H3. The van der Waals surface area contributed by atoms with Gasteiger partial charge in [-0.05, 0) is 153 Å². The minimum absolute atomic E-state index is 0.0487. The second-order valence-corrected chi connectivity index (χ2v) is 16.9. The Morgan fingerprint density at radius 3 is 1.32 bits per heavy atom. The van der Waals surface area contributed by atoms with Crippen LogP contribution in [0.1, 0.15) is 158 Å². The predicted octanol–water partition coefficient (Wildman–Crippen LogP) is 13.0. The first kappa shape index (κ1) is 48.3. The van der Waals surface area contributed by atoms with E-state index in [1.807, 2.05) is 26.0 Å². The predicted molar refractivity (Wildman–Crippen MR) is 244 cm³/mol. The summed E-state index contributed by atoms with van der Waals surface area (Å²) < 4.78 is 11.2. The molecule has 0 bridgehead atoms. The van der Waals surface area contributed by atoms with Gasteiger partial charge in [0.2, 0.25) is 11.6 Å². The summed E-state index contributed by atoms with van der Waals surface area (Å²) >= 11 is 0. The van der Waals surface area contributed by atoms with Crippen molar-refractivity contribution < 1.29 is 33.7 Å². The quantitative estimate of drug-likeness (QED) is 0.0755. The molecule has 320 valence electrons. The number of fused-ring (bicyclic) bond motifs is 1. The van der Waals surface area contributed by atoms with Crippen LogP contribution in [0.15, 0.2) is 102 Å². The van der Waals surface area contributed by atoms with Gasteiger partial charge in [-0.3, -0.25) is 9.59 Å². The zero-order valence-corrected chi connectivity index (χ0v) is 37.6. The van der Waals surface area contributed by atoms with E-state index in [1.54, 1.807) is 0 Å². The average molecular weight is 807 g/mol. The lowest BCUT2D eigenvalue weighted by Gasteiger charge is -2.06. The van der Waals surface area contributed by atoms with Crippen LogP contribution >= 0.6 is 0 Å². The second-order valence-electron chi connectivity index (χ2n) is 16.9. The van der Waals surface area contributed by atoms with E-state index in [2.05, 4.69) is 91.8 Å². The van der Waals surface area contributed by atoms with Gasteiger partial charge in [0.1, 0.15) is 11.0 Å². The monoisotopic (exact) mass is 807 g/mol. The van der Waals surface area contributed by atoms with E-state index in [4.69, 9.17) is 8.83 Å². The van der Waals surface area contributed by atoms with Crippen LogP contribution in [0, 0.1) is 0 Å². The van der Waals surface area contributed by atoms with Gasteiger partial charge >= 0.3 is 0 Å². The molecule has 0 amide bonds. The van der Waals surface area contributed by atoms with Crippen molar-refractivity contribution in [3.8, 4) is 29.0 Å². The summed E-state index contributed by atoms with van der Waals surface area (Å²) in [7, 11) is 0. The van der Waals surface area contributed by atoms with Gasteiger partial charge in [-0.1, -0.05) is 93.2 Å². The molecule has 7 nitrogen and oxygen atoms in total. The molecular weight excluding hydrogens is 737 g/mol. The van der Waals surface area contributed by atoms with Crippen LogP contribution in [0.2, 0.25) is 0 Å². The molecule has 2 heterocycles. The molecule has 59 heavy (non-hydrogen) atoms. The second kappa shape index (κ2) is 24.1. The van der Waals surface area contributed by atoms with E-state index in [-0.39, 0.29) is 51.7 Å². The van der Waals surface area contributed by atoms with Crippen LogP contribution in [0.5, 0.6) is 17.6 Å². The maximum absolute atomic E-state index is 13.1. The molecule has 3 rings (SSSR count). The number of rotatable bonds is 23. The minimum Gasteiger partial charge on any atom is -0.504 e. The van der Waals surface area contributed by atoms with Gasteiger partial charge in [0.05, 0.1) is 11.1 Å². The van der Waals surface area contributed by atoms with E-state index in [9.17, 15) is 24.9 Å². The van der Waals surface area contributed by atoms with Crippen molar-refractivity contribution in [2.24, 2.45) is 0 Å². The summed E-state index contributed by atoms with van der Waals surface area (Å²) in [6, 6.07) is 0. The summed E-state index contributed by atoms with van der Waals surface area (Å²) in [6.45, 7) is 21.2. The van der Waals surface area contributed by atoms with Gasteiger partial charge in [0, 0.05) is 17.7 Å². The SMILES string of the molecule is CC(C)=CCCC(C)=CCCC(C)=CCCC(C)=CCC1=c2oc(O)c(-c3oc(O)c(CC=C(C)CCC=C(C)CCC=C(C)CCC=C(C)C)c3O)c2=CC(=O)C1=O. The minimum atomic E-state index is -0.763. The molecule has 0 aromatic carbocycles. The van der Waals surface area contributed by atoms with Gasteiger partial charge in [-0.2, -0.15) is 0 Å². The molecule has 0 spiro atoms. The van der Waals surface area contributed by atoms with Crippen LogP contribution in [-0.4, -0.2) is 26.9 Å². The van der Waals surface area contributed by atoms with E-state index >= 15 is 0 Å². The Morgan fingerprint density at radius 1 is 0.508 bits per heavy atom. The van der Waals surface area contributed by atoms with Crippen LogP contribution in [0.4, 0.5) is 0 Å². The lowest BCUT2D eigenvalue weighted by atomic mass is 9.96. The fraction of sp³-hybridized carbons (Fsp3) is 0.462. The third kappa shape index (κ3) is 15.9. The van der Waals surface area contributed by atoms with Crippen LogP contribution in [0.25, 0.3) is 23.0 Å². The molecule has 1 aliphatic carbocycles. The molecule has 0 saturated carbocycles. The molecule has 0 aliphatic heterocycles. The van der Waals surface area contributed by atoms with E-state index in [0.29, 0.717) is 0 Å². The molecule has 0 radical (unpaired) electrons. The van der Waals surface area contributed by atoms with Crippen molar-refractivity contribution in [2.45, 2.75) is 159 Å². The van der Waals surface area contributed by atoms with Gasteiger partial charge in [0.15, 0.2) is 11.5 Å². The lowest BCUT2D eigenvalue weighted by Crippen LogP contribution is -2.35. The largest absolute Gasteiger partial charge is 0.504 e. The number of Topliss-reactive ketones (excluding diaryl/α,β-unsaturated/α-hetero) is 2. The van der Waals surface area contributed by atoms with Gasteiger partial charge in [0.25, 0.3) is 11.9 Å². The number of carbonyl (C=O) groups excluding carboxylic acids is 2. The Bertz CT molecular complexity index is 2170. The highest BCUT2D eigenvalue weighted by Crippen LogP contribution is 2.43. The number of ketones is 2. The number of furan rings is 2. The van der Waals surface area contributed by atoms with Crippen molar-refractivity contribution in [1.82, 2.24) is 0 Å². The Morgan fingerprint density at radius 2 is 0.898 bits per heavy atom. The Labute approximate surface area is 353 Å². The summed E-state index contributed by atoms with van der Waals surface area (Å²) in [5.74, 6) is -3.19. The Balaban J connectivity index is 1.66. The number of aromatic hydroxyl groups is 3. The highest BCUT2D eigenvalue weighted by atomic mass is 16.5. The number of hydrogen-bond donors (Lipinski definition) is 3. The highest BCUT2D eigenvalue weighted by molar-refractivity contribution is 6.60. The zero-order valence-electron chi connectivity index (χ0n) is 37.6. The third-order valence-electron chi connectivity index (χ3n) is 10.8. The van der Waals surface area contributed by atoms with Gasteiger partial charge in [-0.15, -0.1) is 0 Å². The fourth-order valence-corrected chi connectivity index (χ4v) is 6.97. The summed E-state index contributed by atoms with van der Waals surface area (Å²) in [4.78, 5) is 26.0. The molecule has 2 aromatic rings. The molecular formula is C52H70O7. The summed E-state index contributed by atoms with van der Waals surface area (Å²) in [6.07, 6.45) is 30.8.